The van der Waals surface area contributed by atoms with E-state index in [4.69, 9.17) is 0 Å². The summed E-state index contributed by atoms with van der Waals surface area (Å²) in [6.07, 6.45) is 0.431. The number of fused-ring (bicyclic) bond motifs is 1. The quantitative estimate of drug-likeness (QED) is 0.631. The maximum atomic E-state index is 12.0. The maximum Gasteiger partial charge on any atom is 0.261 e. The first-order valence-electron chi connectivity index (χ1n) is 5.62. The number of rotatable bonds is 4. The van der Waals surface area contributed by atoms with E-state index in [1.54, 1.807) is 24.3 Å². The number of carbonyl (C=O) groups is 3. The van der Waals surface area contributed by atoms with Crippen molar-refractivity contribution < 1.29 is 14.4 Å². The smallest absolute Gasteiger partial charge is 0.261 e. The Balaban J connectivity index is 2.12. The van der Waals surface area contributed by atoms with E-state index in [0.29, 0.717) is 17.5 Å². The van der Waals surface area contributed by atoms with Crippen molar-refractivity contribution in [2.24, 2.45) is 0 Å². The molecule has 0 unspecified atom stereocenters. The van der Waals surface area contributed by atoms with Gasteiger partial charge in [0.15, 0.2) is 0 Å². The van der Waals surface area contributed by atoms with Crippen LogP contribution in [-0.2, 0) is 4.79 Å². The van der Waals surface area contributed by atoms with Crippen molar-refractivity contribution in [3.05, 3.63) is 35.4 Å². The molecule has 94 valence electrons. The number of Topliss-reactive ketones (excluding diaryl/α,β-unsaturated/α-hetero) is 1. The molecule has 2 amide bonds. The number of nitrogens with zero attached hydrogens (tertiary/aromatic N) is 1. The van der Waals surface area contributed by atoms with Crippen LogP contribution in [0.2, 0.25) is 0 Å². The highest BCUT2D eigenvalue weighted by Gasteiger charge is 2.35. The highest BCUT2D eigenvalue weighted by atomic mass is 79.9. The van der Waals surface area contributed by atoms with Crippen LogP contribution in [0.1, 0.15) is 34.1 Å². The predicted octanol–water partition coefficient (Wildman–Crippen LogP) is 2.03. The summed E-state index contributed by atoms with van der Waals surface area (Å²) in [6, 6.07) is 6.76. The van der Waals surface area contributed by atoms with E-state index in [1.807, 2.05) is 0 Å². The Hall–Kier alpha value is -1.49. The van der Waals surface area contributed by atoms with Crippen molar-refractivity contribution in [3.63, 3.8) is 0 Å². The number of amides is 2. The SMILES string of the molecule is CC(=O)[C@H](Br)CCN1C(=O)c2ccccc2C1=O. The van der Waals surface area contributed by atoms with Gasteiger partial charge in [-0.25, -0.2) is 0 Å². The molecular weight excluding hydrogens is 298 g/mol. The molecule has 0 aliphatic carbocycles. The van der Waals surface area contributed by atoms with E-state index in [0.717, 1.165) is 0 Å². The number of carbonyl (C=O) groups excluding carboxylic acids is 3. The average molecular weight is 310 g/mol. The van der Waals surface area contributed by atoms with E-state index in [9.17, 15) is 14.4 Å². The summed E-state index contributed by atoms with van der Waals surface area (Å²) in [5.41, 5.74) is 0.882. The number of hydrogen-bond acceptors (Lipinski definition) is 3. The minimum Gasteiger partial charge on any atom is -0.299 e. The number of alkyl halides is 1. The van der Waals surface area contributed by atoms with Crippen LogP contribution in [0.3, 0.4) is 0 Å². The van der Waals surface area contributed by atoms with Gasteiger partial charge in [0.05, 0.1) is 16.0 Å². The van der Waals surface area contributed by atoms with Crippen molar-refractivity contribution in [3.8, 4) is 0 Å². The zero-order valence-electron chi connectivity index (χ0n) is 9.85. The Morgan fingerprint density at radius 3 is 2.17 bits per heavy atom. The number of hydrogen-bond donors (Lipinski definition) is 0. The fraction of sp³-hybridized carbons (Fsp3) is 0.308. The molecule has 0 fully saturated rings. The first-order chi connectivity index (χ1) is 8.52. The molecule has 0 aromatic heterocycles. The minimum absolute atomic E-state index is 0.00777. The van der Waals surface area contributed by atoms with Crippen LogP contribution >= 0.6 is 15.9 Å². The zero-order chi connectivity index (χ0) is 13.3. The third kappa shape index (κ3) is 2.22. The summed E-state index contributed by atoms with van der Waals surface area (Å²) >= 11 is 3.23. The van der Waals surface area contributed by atoms with Crippen LogP contribution in [0.15, 0.2) is 24.3 Å². The molecule has 1 aliphatic heterocycles. The highest BCUT2D eigenvalue weighted by Crippen LogP contribution is 2.23. The topological polar surface area (TPSA) is 54.5 Å². The van der Waals surface area contributed by atoms with Crippen LogP contribution in [-0.4, -0.2) is 33.9 Å². The van der Waals surface area contributed by atoms with Crippen molar-refractivity contribution >= 4 is 33.5 Å². The molecule has 1 aliphatic rings. The van der Waals surface area contributed by atoms with Gasteiger partial charge in [0, 0.05) is 6.54 Å². The second-order valence-corrected chi connectivity index (χ2v) is 5.28. The zero-order valence-corrected chi connectivity index (χ0v) is 11.4. The van der Waals surface area contributed by atoms with Crippen LogP contribution < -0.4 is 0 Å². The van der Waals surface area contributed by atoms with E-state index in [2.05, 4.69) is 15.9 Å². The average Bonchev–Trinajstić information content (AvgIpc) is 2.60. The molecule has 18 heavy (non-hydrogen) atoms. The molecule has 0 bridgehead atoms. The third-order valence-corrected chi connectivity index (χ3v) is 4.03. The van der Waals surface area contributed by atoms with Crippen molar-refractivity contribution in [2.45, 2.75) is 18.2 Å². The highest BCUT2D eigenvalue weighted by molar-refractivity contribution is 9.10. The second-order valence-electron chi connectivity index (χ2n) is 4.17. The molecule has 4 nitrogen and oxygen atoms in total. The Bertz CT molecular complexity index is 492. The molecule has 2 rings (SSSR count). The fourth-order valence-corrected chi connectivity index (χ4v) is 2.09. The van der Waals surface area contributed by atoms with E-state index < -0.39 is 0 Å². The van der Waals surface area contributed by atoms with Crippen LogP contribution in [0, 0.1) is 0 Å². The first-order valence-corrected chi connectivity index (χ1v) is 6.53. The number of ketones is 1. The molecule has 0 spiro atoms. The largest absolute Gasteiger partial charge is 0.299 e. The van der Waals surface area contributed by atoms with Gasteiger partial charge in [-0.1, -0.05) is 28.1 Å². The number of halogens is 1. The molecule has 0 N–H and O–H groups in total. The lowest BCUT2D eigenvalue weighted by Crippen LogP contribution is -2.32. The van der Waals surface area contributed by atoms with Gasteiger partial charge in [-0.2, -0.15) is 0 Å². The van der Waals surface area contributed by atoms with Gasteiger partial charge in [-0.3, -0.25) is 19.3 Å². The second kappa shape index (κ2) is 5.02. The lowest BCUT2D eigenvalue weighted by atomic mass is 10.1. The number of benzene rings is 1. The summed E-state index contributed by atoms with van der Waals surface area (Å²) in [5.74, 6) is -0.565. The molecule has 1 aromatic rings. The lowest BCUT2D eigenvalue weighted by Gasteiger charge is -2.14. The van der Waals surface area contributed by atoms with Gasteiger partial charge in [-0.15, -0.1) is 0 Å². The Kier molecular flexibility index (Phi) is 3.61. The first kappa shape index (κ1) is 13.0. The molecular formula is C13H12BrNO3. The van der Waals surface area contributed by atoms with Crippen LogP contribution in [0.5, 0.6) is 0 Å². The van der Waals surface area contributed by atoms with E-state index in [1.165, 1.54) is 11.8 Å². The molecule has 1 atom stereocenters. The van der Waals surface area contributed by atoms with Gasteiger partial charge in [0.25, 0.3) is 11.8 Å². The maximum absolute atomic E-state index is 12.0. The minimum atomic E-state index is -0.318. The third-order valence-electron chi connectivity index (χ3n) is 2.93. The Morgan fingerprint density at radius 1 is 1.22 bits per heavy atom. The van der Waals surface area contributed by atoms with Gasteiger partial charge in [-0.05, 0) is 25.5 Å². The van der Waals surface area contributed by atoms with Crippen molar-refractivity contribution in [2.75, 3.05) is 6.54 Å². The summed E-state index contributed by atoms with van der Waals surface area (Å²) in [6.45, 7) is 1.73. The standard InChI is InChI=1S/C13H12BrNO3/c1-8(16)11(14)6-7-15-12(17)9-4-2-3-5-10(9)13(15)18/h2-5,11H,6-7H2,1H3/t11-/m1/s1. The van der Waals surface area contributed by atoms with Gasteiger partial charge >= 0.3 is 0 Å². The normalized spacial score (nSPS) is 15.8. The van der Waals surface area contributed by atoms with Crippen LogP contribution in [0.25, 0.3) is 0 Å². The Labute approximate surface area is 113 Å². The lowest BCUT2D eigenvalue weighted by molar-refractivity contribution is -0.116. The fourth-order valence-electron chi connectivity index (χ4n) is 1.89. The molecule has 0 saturated carbocycles. The molecule has 0 saturated heterocycles. The van der Waals surface area contributed by atoms with Crippen molar-refractivity contribution in [1.29, 1.82) is 0 Å². The van der Waals surface area contributed by atoms with Crippen LogP contribution in [0.4, 0.5) is 0 Å². The predicted molar refractivity (Wildman–Crippen MR) is 69.8 cm³/mol. The molecule has 5 heteroatoms. The van der Waals surface area contributed by atoms with Gasteiger partial charge < -0.3 is 0 Å². The summed E-state index contributed by atoms with van der Waals surface area (Å²) < 4.78 is 0. The molecule has 0 radical (unpaired) electrons. The summed E-state index contributed by atoms with van der Waals surface area (Å²) in [7, 11) is 0. The van der Waals surface area contributed by atoms with Gasteiger partial charge in [0.1, 0.15) is 5.78 Å². The van der Waals surface area contributed by atoms with Gasteiger partial charge in [0.2, 0.25) is 0 Å². The monoisotopic (exact) mass is 309 g/mol. The molecule has 1 heterocycles. The number of imide groups is 1. The van der Waals surface area contributed by atoms with E-state index in [-0.39, 0.29) is 29.0 Å². The van der Waals surface area contributed by atoms with Crippen molar-refractivity contribution in [1.82, 2.24) is 4.90 Å². The summed E-state index contributed by atoms with van der Waals surface area (Å²) in [4.78, 5) is 36.0. The van der Waals surface area contributed by atoms with E-state index >= 15 is 0 Å². The summed E-state index contributed by atoms with van der Waals surface area (Å²) in [5, 5.41) is 0. The Morgan fingerprint density at radius 2 is 1.72 bits per heavy atom. The molecule has 1 aromatic carbocycles.